The second kappa shape index (κ2) is 4.42. The zero-order valence-electron chi connectivity index (χ0n) is 9.43. The van der Waals surface area contributed by atoms with Crippen LogP contribution in [0.4, 0.5) is 0 Å². The Morgan fingerprint density at radius 1 is 1.22 bits per heavy atom. The topological polar surface area (TPSA) is 50.2 Å². The van der Waals surface area contributed by atoms with Crippen LogP contribution in [0.25, 0.3) is 16.8 Å². The van der Waals surface area contributed by atoms with Gasteiger partial charge in [0.25, 0.3) is 0 Å². The predicted octanol–water partition coefficient (Wildman–Crippen LogP) is 2.58. The van der Waals surface area contributed by atoms with Crippen LogP contribution in [-0.2, 0) is 5.33 Å². The summed E-state index contributed by atoms with van der Waals surface area (Å²) in [6, 6.07) is 12.0. The third-order valence-electron chi connectivity index (χ3n) is 2.84. The molecule has 0 aliphatic heterocycles. The molecule has 0 radical (unpaired) electrons. The van der Waals surface area contributed by atoms with Gasteiger partial charge in [-0.3, -0.25) is 0 Å². The van der Waals surface area contributed by atoms with Gasteiger partial charge in [0.05, 0.1) is 0 Å². The lowest BCUT2D eigenvalue weighted by Gasteiger charge is -2.05. The monoisotopic (exact) mass is 303 g/mol. The summed E-state index contributed by atoms with van der Waals surface area (Å²) in [5.41, 5.74) is 3.51. The number of aromatic amines is 1. The molecule has 0 aliphatic rings. The molecule has 0 bridgehead atoms. The van der Waals surface area contributed by atoms with Crippen molar-refractivity contribution in [1.29, 1.82) is 0 Å². The predicted molar refractivity (Wildman–Crippen MR) is 73.9 cm³/mol. The summed E-state index contributed by atoms with van der Waals surface area (Å²) < 4.78 is 1.54. The molecular formula is C13H10BrN3O. The molecular weight excluding hydrogens is 294 g/mol. The van der Waals surface area contributed by atoms with Crippen molar-refractivity contribution in [3.05, 3.63) is 58.6 Å². The number of fused-ring (bicyclic) bond motifs is 1. The molecule has 0 spiro atoms. The van der Waals surface area contributed by atoms with Gasteiger partial charge in [-0.25, -0.2) is 14.3 Å². The van der Waals surface area contributed by atoms with E-state index in [1.54, 1.807) is 4.40 Å². The number of halogens is 1. The lowest BCUT2D eigenvalue weighted by Crippen LogP contribution is -2.09. The van der Waals surface area contributed by atoms with E-state index in [2.05, 4.69) is 26.1 Å². The summed E-state index contributed by atoms with van der Waals surface area (Å²) in [6.45, 7) is 0. The maximum Gasteiger partial charge on any atom is 0.347 e. The van der Waals surface area contributed by atoms with Crippen LogP contribution in [0.1, 0.15) is 5.56 Å². The molecule has 0 fully saturated rings. The van der Waals surface area contributed by atoms with E-state index in [9.17, 15) is 4.79 Å². The van der Waals surface area contributed by atoms with E-state index in [1.807, 2.05) is 42.6 Å². The van der Waals surface area contributed by atoms with Crippen LogP contribution in [-0.4, -0.2) is 14.6 Å². The van der Waals surface area contributed by atoms with Gasteiger partial charge < -0.3 is 0 Å². The zero-order chi connectivity index (χ0) is 12.5. The summed E-state index contributed by atoms with van der Waals surface area (Å²) in [7, 11) is 0. The van der Waals surface area contributed by atoms with E-state index in [-0.39, 0.29) is 5.69 Å². The molecule has 1 N–H and O–H groups in total. The third kappa shape index (κ3) is 1.76. The second-order valence-electron chi connectivity index (χ2n) is 3.98. The Labute approximate surface area is 111 Å². The first-order valence-electron chi connectivity index (χ1n) is 5.50. The second-order valence-corrected chi connectivity index (χ2v) is 4.54. The maximum absolute atomic E-state index is 11.7. The van der Waals surface area contributed by atoms with Crippen molar-refractivity contribution in [1.82, 2.24) is 14.6 Å². The Bertz CT molecular complexity index is 746. The van der Waals surface area contributed by atoms with Crippen molar-refractivity contribution in [3.63, 3.8) is 0 Å². The zero-order valence-corrected chi connectivity index (χ0v) is 11.0. The Morgan fingerprint density at radius 3 is 2.72 bits per heavy atom. The van der Waals surface area contributed by atoms with Crippen LogP contribution in [0, 0.1) is 0 Å². The number of nitrogens with one attached hydrogen (secondary N) is 1. The van der Waals surface area contributed by atoms with E-state index in [0.717, 1.165) is 16.7 Å². The molecule has 0 saturated carbocycles. The van der Waals surface area contributed by atoms with E-state index in [0.29, 0.717) is 11.0 Å². The summed E-state index contributed by atoms with van der Waals surface area (Å²) >= 11 is 3.43. The fourth-order valence-corrected chi connectivity index (χ4v) is 2.38. The number of pyridine rings is 1. The Hall–Kier alpha value is -1.88. The average molecular weight is 304 g/mol. The van der Waals surface area contributed by atoms with Crippen LogP contribution in [0.5, 0.6) is 0 Å². The number of rotatable bonds is 2. The lowest BCUT2D eigenvalue weighted by molar-refractivity contribution is 1.02. The van der Waals surface area contributed by atoms with Gasteiger partial charge in [-0.15, -0.1) is 0 Å². The van der Waals surface area contributed by atoms with Crippen molar-refractivity contribution in [2.45, 2.75) is 5.33 Å². The molecule has 0 amide bonds. The smallest absolute Gasteiger partial charge is 0.250 e. The molecule has 18 heavy (non-hydrogen) atoms. The van der Waals surface area contributed by atoms with Crippen molar-refractivity contribution >= 4 is 21.6 Å². The highest BCUT2D eigenvalue weighted by molar-refractivity contribution is 9.08. The first kappa shape index (κ1) is 11.2. The largest absolute Gasteiger partial charge is 0.347 e. The van der Waals surface area contributed by atoms with Crippen molar-refractivity contribution < 1.29 is 0 Å². The highest BCUT2D eigenvalue weighted by Gasteiger charge is 2.08. The van der Waals surface area contributed by atoms with Crippen molar-refractivity contribution in [2.24, 2.45) is 0 Å². The number of alkyl halides is 1. The van der Waals surface area contributed by atoms with Crippen LogP contribution in [0.2, 0.25) is 0 Å². The van der Waals surface area contributed by atoms with Crippen LogP contribution in [0.15, 0.2) is 47.4 Å². The molecule has 0 aliphatic carbocycles. The summed E-state index contributed by atoms with van der Waals surface area (Å²) in [5.74, 6) is 0. The first-order chi connectivity index (χ1) is 8.79. The lowest BCUT2D eigenvalue weighted by atomic mass is 10.1. The van der Waals surface area contributed by atoms with Gasteiger partial charge in [-0.05, 0) is 17.2 Å². The average Bonchev–Trinajstić information content (AvgIpc) is 2.81. The molecule has 5 heteroatoms. The maximum atomic E-state index is 11.7. The Balaban J connectivity index is 2.31. The minimum atomic E-state index is -0.218. The Kier molecular flexibility index (Phi) is 2.76. The Morgan fingerprint density at radius 2 is 2.00 bits per heavy atom. The molecule has 4 nitrogen and oxygen atoms in total. The molecule has 0 unspecified atom stereocenters. The van der Waals surface area contributed by atoms with E-state index >= 15 is 0 Å². The summed E-state index contributed by atoms with van der Waals surface area (Å²) in [6.07, 6.45) is 1.81. The van der Waals surface area contributed by atoms with E-state index < -0.39 is 0 Å². The SMILES string of the molecule is O=c1[nH]nc2c(CBr)cc(-c3ccccc3)cn12. The number of hydrogen-bond acceptors (Lipinski definition) is 2. The van der Waals surface area contributed by atoms with Crippen LogP contribution < -0.4 is 5.69 Å². The number of benzene rings is 1. The molecule has 0 atom stereocenters. The summed E-state index contributed by atoms with van der Waals surface area (Å²) in [4.78, 5) is 11.7. The number of hydrogen-bond donors (Lipinski definition) is 1. The third-order valence-corrected chi connectivity index (χ3v) is 3.44. The summed E-state index contributed by atoms with van der Waals surface area (Å²) in [5, 5.41) is 7.14. The van der Waals surface area contributed by atoms with Crippen LogP contribution >= 0.6 is 15.9 Å². The minimum absolute atomic E-state index is 0.218. The van der Waals surface area contributed by atoms with Crippen LogP contribution in [0.3, 0.4) is 0 Å². The quantitative estimate of drug-likeness (QED) is 0.740. The number of H-pyrrole nitrogens is 1. The molecule has 2 aromatic heterocycles. The van der Waals surface area contributed by atoms with Crippen molar-refractivity contribution in [3.8, 4) is 11.1 Å². The van der Waals surface area contributed by atoms with Gasteiger partial charge in [0.1, 0.15) is 0 Å². The fourth-order valence-electron chi connectivity index (χ4n) is 1.97. The highest BCUT2D eigenvalue weighted by Crippen LogP contribution is 2.22. The minimum Gasteiger partial charge on any atom is -0.250 e. The molecule has 3 aromatic rings. The number of aromatic nitrogens is 3. The molecule has 2 heterocycles. The molecule has 0 saturated heterocycles. The van der Waals surface area contributed by atoms with Gasteiger partial charge in [0.15, 0.2) is 5.65 Å². The standard InChI is InChI=1S/C13H10BrN3O/c14-7-10-6-11(9-4-2-1-3-5-9)8-17-12(10)15-16-13(17)18/h1-6,8H,7H2,(H,16,18). The van der Waals surface area contributed by atoms with Gasteiger partial charge in [-0.2, -0.15) is 5.10 Å². The van der Waals surface area contributed by atoms with Gasteiger partial charge >= 0.3 is 5.69 Å². The highest BCUT2D eigenvalue weighted by atomic mass is 79.9. The fraction of sp³-hybridized carbons (Fsp3) is 0.0769. The van der Waals surface area contributed by atoms with Gasteiger partial charge in [-0.1, -0.05) is 46.3 Å². The number of nitrogens with zero attached hydrogens (tertiary/aromatic N) is 2. The van der Waals surface area contributed by atoms with Gasteiger partial charge in [0, 0.05) is 17.1 Å². The van der Waals surface area contributed by atoms with E-state index in [4.69, 9.17) is 0 Å². The normalized spacial score (nSPS) is 10.9. The molecule has 1 aromatic carbocycles. The molecule has 90 valence electrons. The first-order valence-corrected chi connectivity index (χ1v) is 6.63. The molecule has 3 rings (SSSR count). The van der Waals surface area contributed by atoms with Crippen molar-refractivity contribution in [2.75, 3.05) is 0 Å². The van der Waals surface area contributed by atoms with Gasteiger partial charge in [0.2, 0.25) is 0 Å². The van der Waals surface area contributed by atoms with E-state index in [1.165, 1.54) is 0 Å².